The van der Waals surface area contributed by atoms with Crippen molar-refractivity contribution in [2.75, 3.05) is 5.32 Å². The lowest BCUT2D eigenvalue weighted by molar-refractivity contribution is -0.131. The number of halogens is 2. The summed E-state index contributed by atoms with van der Waals surface area (Å²) in [7, 11) is 0. The zero-order valence-corrected chi connectivity index (χ0v) is 8.51. The first-order valence-corrected chi connectivity index (χ1v) is 4.47. The summed E-state index contributed by atoms with van der Waals surface area (Å²) in [6.45, 7) is 0. The number of nitrogens with one attached hydrogen (secondary N) is 1. The summed E-state index contributed by atoms with van der Waals surface area (Å²) in [5.41, 5.74) is 0.494. The molecule has 0 amide bonds. The fourth-order valence-corrected chi connectivity index (χ4v) is 1.34. The lowest BCUT2D eigenvalue weighted by Crippen LogP contribution is -1.93. The second-order valence-corrected chi connectivity index (χ2v) is 3.23. The van der Waals surface area contributed by atoms with E-state index < -0.39 is 5.97 Å². The number of benzene rings is 1. The predicted octanol–water partition coefficient (Wildman–Crippen LogP) is 3.00. The molecule has 0 radical (unpaired) electrons. The van der Waals surface area contributed by atoms with Gasteiger partial charge in [0.15, 0.2) is 0 Å². The van der Waals surface area contributed by atoms with Gasteiger partial charge in [-0.05, 0) is 12.1 Å². The van der Waals surface area contributed by atoms with Crippen LogP contribution in [-0.4, -0.2) is 11.1 Å². The van der Waals surface area contributed by atoms with Gasteiger partial charge in [-0.1, -0.05) is 29.3 Å². The van der Waals surface area contributed by atoms with E-state index in [0.717, 1.165) is 6.08 Å². The van der Waals surface area contributed by atoms with Gasteiger partial charge in [0.1, 0.15) is 0 Å². The van der Waals surface area contributed by atoms with Crippen molar-refractivity contribution in [2.24, 2.45) is 0 Å². The molecule has 0 aliphatic heterocycles. The van der Waals surface area contributed by atoms with Crippen LogP contribution in [0.25, 0.3) is 0 Å². The van der Waals surface area contributed by atoms with Gasteiger partial charge in [0.2, 0.25) is 0 Å². The van der Waals surface area contributed by atoms with Crippen molar-refractivity contribution in [1.82, 2.24) is 0 Å². The molecule has 0 aliphatic carbocycles. The highest BCUT2D eigenvalue weighted by atomic mass is 35.5. The lowest BCUT2D eigenvalue weighted by Gasteiger charge is -2.04. The molecular weight excluding hydrogens is 225 g/mol. The van der Waals surface area contributed by atoms with E-state index in [9.17, 15) is 4.79 Å². The minimum absolute atomic E-state index is 0.438. The van der Waals surface area contributed by atoms with Gasteiger partial charge in [0.25, 0.3) is 0 Å². The van der Waals surface area contributed by atoms with Crippen molar-refractivity contribution in [2.45, 2.75) is 0 Å². The van der Waals surface area contributed by atoms with Gasteiger partial charge in [-0.2, -0.15) is 0 Å². The van der Waals surface area contributed by atoms with Crippen LogP contribution in [0.2, 0.25) is 10.0 Å². The van der Waals surface area contributed by atoms with Crippen LogP contribution in [0.15, 0.2) is 30.5 Å². The summed E-state index contributed by atoms with van der Waals surface area (Å²) in [5.74, 6) is -1.04. The second-order valence-electron chi connectivity index (χ2n) is 2.41. The maximum Gasteiger partial charge on any atom is 0.329 e. The number of rotatable bonds is 3. The molecule has 1 rings (SSSR count). The van der Waals surface area contributed by atoms with Crippen molar-refractivity contribution in [3.05, 3.63) is 40.5 Å². The van der Waals surface area contributed by atoms with Crippen molar-refractivity contribution in [3.63, 3.8) is 0 Å². The number of carboxylic acid groups (broad SMARTS) is 1. The van der Waals surface area contributed by atoms with Crippen LogP contribution in [0.3, 0.4) is 0 Å². The molecule has 0 spiro atoms. The van der Waals surface area contributed by atoms with Gasteiger partial charge in [-0.25, -0.2) is 4.79 Å². The number of anilines is 1. The van der Waals surface area contributed by atoms with Crippen LogP contribution in [0.4, 0.5) is 5.69 Å². The Labute approximate surface area is 90.9 Å². The van der Waals surface area contributed by atoms with Crippen LogP contribution in [0.5, 0.6) is 0 Å². The third-order valence-electron chi connectivity index (χ3n) is 1.42. The van der Waals surface area contributed by atoms with E-state index in [1.54, 1.807) is 18.2 Å². The summed E-state index contributed by atoms with van der Waals surface area (Å²) in [4.78, 5) is 10.2. The molecule has 2 N–H and O–H groups in total. The number of para-hydroxylation sites is 1. The molecule has 1 aromatic rings. The number of carbonyl (C=O) groups is 1. The van der Waals surface area contributed by atoms with E-state index in [-0.39, 0.29) is 0 Å². The molecule has 0 saturated heterocycles. The van der Waals surface area contributed by atoms with Crippen LogP contribution in [-0.2, 0) is 4.79 Å². The second kappa shape index (κ2) is 4.88. The molecule has 0 fully saturated rings. The minimum Gasteiger partial charge on any atom is -0.478 e. The summed E-state index contributed by atoms with van der Waals surface area (Å²) in [6.07, 6.45) is 2.22. The Balaban J connectivity index is 2.81. The van der Waals surface area contributed by atoms with Crippen molar-refractivity contribution >= 4 is 34.9 Å². The van der Waals surface area contributed by atoms with Gasteiger partial charge in [0.05, 0.1) is 15.7 Å². The molecule has 3 nitrogen and oxygen atoms in total. The molecule has 0 aromatic heterocycles. The summed E-state index contributed by atoms with van der Waals surface area (Å²) in [5, 5.41) is 11.9. The number of hydrogen-bond donors (Lipinski definition) is 2. The van der Waals surface area contributed by atoms with E-state index in [1.165, 1.54) is 6.20 Å². The number of aliphatic carboxylic acids is 1. The quantitative estimate of drug-likeness (QED) is 0.787. The van der Waals surface area contributed by atoms with Crippen LogP contribution in [0, 0.1) is 0 Å². The first-order chi connectivity index (χ1) is 6.61. The van der Waals surface area contributed by atoms with Crippen LogP contribution < -0.4 is 5.32 Å². The van der Waals surface area contributed by atoms with E-state index >= 15 is 0 Å². The van der Waals surface area contributed by atoms with Gasteiger partial charge in [-0.3, -0.25) is 0 Å². The molecule has 0 aliphatic rings. The number of hydrogen-bond acceptors (Lipinski definition) is 2. The smallest absolute Gasteiger partial charge is 0.329 e. The monoisotopic (exact) mass is 231 g/mol. The fourth-order valence-electron chi connectivity index (χ4n) is 0.832. The zero-order valence-electron chi connectivity index (χ0n) is 7.00. The van der Waals surface area contributed by atoms with Crippen LogP contribution >= 0.6 is 23.2 Å². The molecule has 14 heavy (non-hydrogen) atoms. The molecule has 74 valence electrons. The SMILES string of the molecule is O=C(O)C=CNc1c(Cl)cccc1Cl. The molecule has 0 saturated carbocycles. The Morgan fingerprint density at radius 3 is 2.43 bits per heavy atom. The topological polar surface area (TPSA) is 49.3 Å². The molecule has 5 heteroatoms. The Kier molecular flexibility index (Phi) is 3.80. The van der Waals surface area contributed by atoms with E-state index in [1.807, 2.05) is 0 Å². The Morgan fingerprint density at radius 1 is 1.36 bits per heavy atom. The molecular formula is C9H7Cl2NO2. The third-order valence-corrected chi connectivity index (χ3v) is 2.05. The molecule has 0 heterocycles. The Hall–Kier alpha value is -1.19. The average molecular weight is 232 g/mol. The molecule has 0 bridgehead atoms. The Bertz CT molecular complexity index is 357. The molecule has 0 unspecified atom stereocenters. The highest BCUT2D eigenvalue weighted by molar-refractivity contribution is 6.39. The highest BCUT2D eigenvalue weighted by Gasteiger charge is 2.02. The van der Waals surface area contributed by atoms with E-state index in [4.69, 9.17) is 28.3 Å². The van der Waals surface area contributed by atoms with Crippen LogP contribution in [0.1, 0.15) is 0 Å². The van der Waals surface area contributed by atoms with Gasteiger partial charge >= 0.3 is 5.97 Å². The first-order valence-electron chi connectivity index (χ1n) is 3.71. The summed E-state index contributed by atoms with van der Waals surface area (Å²) >= 11 is 11.6. The third kappa shape index (κ3) is 2.94. The fraction of sp³-hybridized carbons (Fsp3) is 0. The van der Waals surface area contributed by atoms with Crippen molar-refractivity contribution < 1.29 is 9.90 Å². The van der Waals surface area contributed by atoms with E-state index in [2.05, 4.69) is 5.32 Å². The van der Waals surface area contributed by atoms with Gasteiger partial charge in [-0.15, -0.1) is 0 Å². The van der Waals surface area contributed by atoms with Gasteiger partial charge < -0.3 is 10.4 Å². The Morgan fingerprint density at radius 2 is 1.93 bits per heavy atom. The summed E-state index contributed by atoms with van der Waals surface area (Å²) in [6, 6.07) is 5.02. The molecule has 0 atom stereocenters. The van der Waals surface area contributed by atoms with Gasteiger partial charge in [0, 0.05) is 12.3 Å². The maximum atomic E-state index is 10.2. The zero-order chi connectivity index (χ0) is 10.6. The first kappa shape index (κ1) is 10.9. The standard InChI is InChI=1S/C9H7Cl2NO2/c10-6-2-1-3-7(11)9(6)12-5-4-8(13)14/h1-5,12H,(H,13,14). The van der Waals surface area contributed by atoms with Crippen molar-refractivity contribution in [3.8, 4) is 0 Å². The molecule has 1 aromatic carbocycles. The maximum absolute atomic E-state index is 10.2. The largest absolute Gasteiger partial charge is 0.478 e. The normalized spacial score (nSPS) is 10.4. The highest BCUT2D eigenvalue weighted by Crippen LogP contribution is 2.29. The minimum atomic E-state index is -1.04. The summed E-state index contributed by atoms with van der Waals surface area (Å²) < 4.78 is 0. The lowest BCUT2D eigenvalue weighted by atomic mass is 10.3. The average Bonchev–Trinajstić information content (AvgIpc) is 2.09. The number of carboxylic acids is 1. The van der Waals surface area contributed by atoms with Crippen molar-refractivity contribution in [1.29, 1.82) is 0 Å². The van der Waals surface area contributed by atoms with E-state index in [0.29, 0.717) is 15.7 Å². The predicted molar refractivity (Wildman–Crippen MR) is 56.9 cm³/mol.